The molecule has 2 aliphatic rings. The predicted octanol–water partition coefficient (Wildman–Crippen LogP) is 3.80. The van der Waals surface area contributed by atoms with Gasteiger partial charge in [0.25, 0.3) is 5.91 Å². The quantitative estimate of drug-likeness (QED) is 0.504. The number of rotatable bonds is 8. The third kappa shape index (κ3) is 5.86. The first-order valence-corrected chi connectivity index (χ1v) is 13.3. The van der Waals surface area contributed by atoms with Gasteiger partial charge in [0.15, 0.2) is 5.79 Å². The normalized spacial score (nSPS) is 18.0. The van der Waals surface area contributed by atoms with Crippen LogP contribution in [-0.2, 0) is 20.7 Å². The van der Waals surface area contributed by atoms with Crippen LogP contribution in [0, 0.1) is 5.92 Å². The summed E-state index contributed by atoms with van der Waals surface area (Å²) in [4.78, 5) is 32.7. The minimum Gasteiger partial charge on any atom is -0.350 e. The van der Waals surface area contributed by atoms with Gasteiger partial charge >= 0.3 is 0 Å². The number of amides is 2. The first-order chi connectivity index (χ1) is 17.9. The molecule has 1 N–H and O–H groups in total. The summed E-state index contributed by atoms with van der Waals surface area (Å²) in [5.41, 5.74) is 3.05. The first-order valence-electron chi connectivity index (χ1n) is 13.3. The topological polar surface area (TPSA) is 85.2 Å². The number of ether oxygens (including phenoxy) is 2. The van der Waals surface area contributed by atoms with Gasteiger partial charge in [0.2, 0.25) is 5.91 Å². The van der Waals surface area contributed by atoms with Crippen molar-refractivity contribution in [1.82, 2.24) is 19.6 Å². The standard InChI is InChI=1S/C29H36N4O4/c1-21(2)17-23(22-7-4-3-5-8-22)19-30-28(35)25-9-6-10-26-31-24(20-33(25)26)18-27(34)32-13-11-29(12-14-32)36-15-16-37-29/h3-10,20-21,23H,11-19H2,1-2H3,(H,30,35). The van der Waals surface area contributed by atoms with Crippen LogP contribution in [0.25, 0.3) is 5.65 Å². The zero-order valence-corrected chi connectivity index (χ0v) is 21.7. The highest BCUT2D eigenvalue weighted by molar-refractivity contribution is 5.93. The van der Waals surface area contributed by atoms with E-state index in [0.717, 1.165) is 6.42 Å². The lowest BCUT2D eigenvalue weighted by atomic mass is 9.90. The van der Waals surface area contributed by atoms with Crippen LogP contribution in [0.15, 0.2) is 54.7 Å². The number of nitrogens with one attached hydrogen (secondary N) is 1. The third-order valence-corrected chi connectivity index (χ3v) is 7.33. The Hall–Kier alpha value is -3.23. The van der Waals surface area contributed by atoms with Crippen LogP contribution >= 0.6 is 0 Å². The largest absolute Gasteiger partial charge is 0.350 e. The fourth-order valence-corrected chi connectivity index (χ4v) is 5.42. The molecule has 0 saturated carbocycles. The van der Waals surface area contributed by atoms with Crippen LogP contribution in [0.1, 0.15) is 60.8 Å². The minimum absolute atomic E-state index is 0.0293. The molecular weight excluding hydrogens is 468 g/mol. The molecule has 37 heavy (non-hydrogen) atoms. The Morgan fingerprint density at radius 3 is 2.46 bits per heavy atom. The Kier molecular flexibility index (Phi) is 7.58. The monoisotopic (exact) mass is 504 g/mol. The molecule has 1 atom stereocenters. The molecule has 8 heteroatoms. The third-order valence-electron chi connectivity index (χ3n) is 7.33. The number of imidazole rings is 1. The highest BCUT2D eigenvalue weighted by Crippen LogP contribution is 2.31. The summed E-state index contributed by atoms with van der Waals surface area (Å²) in [7, 11) is 0. The molecule has 1 spiro atoms. The Bertz CT molecular complexity index is 1220. The van der Waals surface area contributed by atoms with Crippen LogP contribution in [-0.4, -0.2) is 64.7 Å². The minimum atomic E-state index is -0.503. The van der Waals surface area contributed by atoms with Crippen molar-refractivity contribution >= 4 is 17.5 Å². The van der Waals surface area contributed by atoms with Crippen molar-refractivity contribution in [2.24, 2.45) is 5.92 Å². The van der Waals surface area contributed by atoms with Gasteiger partial charge in [0.1, 0.15) is 11.3 Å². The van der Waals surface area contributed by atoms with Gasteiger partial charge in [-0.2, -0.15) is 0 Å². The van der Waals surface area contributed by atoms with E-state index in [1.807, 2.05) is 35.2 Å². The molecule has 2 saturated heterocycles. The lowest BCUT2D eigenvalue weighted by molar-refractivity contribution is -0.187. The second-order valence-electron chi connectivity index (χ2n) is 10.5. The van der Waals surface area contributed by atoms with Gasteiger partial charge in [-0.1, -0.05) is 50.2 Å². The van der Waals surface area contributed by atoms with Crippen molar-refractivity contribution in [3.63, 3.8) is 0 Å². The van der Waals surface area contributed by atoms with Crippen molar-refractivity contribution in [3.8, 4) is 0 Å². The van der Waals surface area contributed by atoms with E-state index in [0.29, 0.717) is 68.6 Å². The van der Waals surface area contributed by atoms with Crippen molar-refractivity contribution in [1.29, 1.82) is 0 Å². The van der Waals surface area contributed by atoms with Crippen LogP contribution in [0.2, 0.25) is 0 Å². The van der Waals surface area contributed by atoms with E-state index in [2.05, 4.69) is 36.3 Å². The van der Waals surface area contributed by atoms with Crippen molar-refractivity contribution in [2.75, 3.05) is 32.8 Å². The molecule has 2 aliphatic heterocycles. The number of benzene rings is 1. The molecule has 1 aromatic carbocycles. The van der Waals surface area contributed by atoms with Gasteiger partial charge in [0.05, 0.1) is 25.3 Å². The van der Waals surface area contributed by atoms with E-state index in [-0.39, 0.29) is 24.2 Å². The number of piperidine rings is 1. The van der Waals surface area contributed by atoms with Gasteiger partial charge in [-0.15, -0.1) is 0 Å². The average Bonchev–Trinajstić information content (AvgIpc) is 3.53. The van der Waals surface area contributed by atoms with Crippen molar-refractivity contribution in [3.05, 3.63) is 71.7 Å². The predicted molar refractivity (Wildman–Crippen MR) is 140 cm³/mol. The number of nitrogens with zero attached hydrogens (tertiary/aromatic N) is 3. The lowest BCUT2D eigenvalue weighted by Gasteiger charge is -2.37. The molecule has 0 aliphatic carbocycles. The average molecular weight is 505 g/mol. The molecule has 4 heterocycles. The molecule has 8 nitrogen and oxygen atoms in total. The molecule has 3 aromatic rings. The van der Waals surface area contributed by atoms with Gasteiger partial charge in [0, 0.05) is 44.6 Å². The molecule has 1 unspecified atom stereocenters. The second-order valence-corrected chi connectivity index (χ2v) is 10.5. The molecular formula is C29H36N4O4. The highest BCUT2D eigenvalue weighted by atomic mass is 16.7. The number of pyridine rings is 1. The molecule has 5 rings (SSSR count). The van der Waals surface area contributed by atoms with Crippen LogP contribution < -0.4 is 5.32 Å². The summed E-state index contributed by atoms with van der Waals surface area (Å²) in [6.07, 6.45) is 4.37. The molecule has 0 radical (unpaired) electrons. The Balaban J connectivity index is 1.24. The zero-order valence-electron chi connectivity index (χ0n) is 21.7. The Morgan fingerprint density at radius 1 is 1.03 bits per heavy atom. The van der Waals surface area contributed by atoms with E-state index in [1.54, 1.807) is 16.7 Å². The molecule has 196 valence electrons. The van der Waals surface area contributed by atoms with Crippen molar-refractivity contribution < 1.29 is 19.1 Å². The lowest BCUT2D eigenvalue weighted by Crippen LogP contribution is -2.47. The fraction of sp³-hybridized carbons (Fsp3) is 0.483. The van der Waals surface area contributed by atoms with E-state index < -0.39 is 5.79 Å². The van der Waals surface area contributed by atoms with Crippen molar-refractivity contribution in [2.45, 2.75) is 51.2 Å². The number of hydrogen-bond acceptors (Lipinski definition) is 5. The first kappa shape index (κ1) is 25.4. The Labute approximate surface area is 218 Å². The van der Waals surface area contributed by atoms with Gasteiger partial charge in [-0.3, -0.25) is 14.0 Å². The summed E-state index contributed by atoms with van der Waals surface area (Å²) in [6.45, 7) is 7.42. The van der Waals surface area contributed by atoms with E-state index in [4.69, 9.17) is 9.47 Å². The van der Waals surface area contributed by atoms with Crippen LogP contribution in [0.3, 0.4) is 0 Å². The van der Waals surface area contributed by atoms with Gasteiger partial charge in [-0.05, 0) is 30.0 Å². The van der Waals surface area contributed by atoms with E-state index in [1.165, 1.54) is 5.56 Å². The van der Waals surface area contributed by atoms with E-state index in [9.17, 15) is 9.59 Å². The molecule has 0 bridgehead atoms. The summed E-state index contributed by atoms with van der Waals surface area (Å²) in [5.74, 6) is 0.133. The van der Waals surface area contributed by atoms with Gasteiger partial charge < -0.3 is 19.7 Å². The second kappa shape index (κ2) is 11.0. The number of aromatic nitrogens is 2. The molecule has 2 fully saturated rings. The summed E-state index contributed by atoms with van der Waals surface area (Å²) < 4.78 is 13.3. The molecule has 2 amide bonds. The maximum absolute atomic E-state index is 13.2. The van der Waals surface area contributed by atoms with Crippen LogP contribution in [0.4, 0.5) is 0 Å². The smallest absolute Gasteiger partial charge is 0.268 e. The highest BCUT2D eigenvalue weighted by Gasteiger charge is 2.40. The number of carbonyl (C=O) groups excluding carboxylic acids is 2. The Morgan fingerprint density at radius 2 is 1.76 bits per heavy atom. The summed E-state index contributed by atoms with van der Waals surface area (Å²) in [6, 6.07) is 15.8. The maximum atomic E-state index is 13.2. The number of hydrogen-bond donors (Lipinski definition) is 1. The SMILES string of the molecule is CC(C)CC(CNC(=O)c1cccc2nc(CC(=O)N3CCC4(CC3)OCCO4)cn12)c1ccccc1. The van der Waals surface area contributed by atoms with E-state index >= 15 is 0 Å². The number of carbonyl (C=O) groups is 2. The zero-order chi connectivity index (χ0) is 25.8. The van der Waals surface area contributed by atoms with Crippen LogP contribution in [0.5, 0.6) is 0 Å². The molecule has 2 aromatic heterocycles. The summed E-state index contributed by atoms with van der Waals surface area (Å²) >= 11 is 0. The maximum Gasteiger partial charge on any atom is 0.268 e. The fourth-order valence-electron chi connectivity index (χ4n) is 5.42. The number of fused-ring (bicyclic) bond motifs is 1. The summed E-state index contributed by atoms with van der Waals surface area (Å²) in [5, 5.41) is 3.13. The van der Waals surface area contributed by atoms with Gasteiger partial charge in [-0.25, -0.2) is 4.98 Å². The number of likely N-dealkylation sites (tertiary alicyclic amines) is 1.